The van der Waals surface area contributed by atoms with Gasteiger partial charge in [0.05, 0.1) is 19.3 Å². The molecule has 0 spiro atoms. The zero-order valence-corrected chi connectivity index (χ0v) is 14.7. The third-order valence-corrected chi connectivity index (χ3v) is 5.94. The van der Waals surface area contributed by atoms with Crippen molar-refractivity contribution in [1.29, 1.82) is 0 Å². The maximum absolute atomic E-state index is 6.12. The highest BCUT2D eigenvalue weighted by molar-refractivity contribution is 7.11. The van der Waals surface area contributed by atoms with E-state index in [0.717, 1.165) is 26.1 Å². The molecule has 2 fully saturated rings. The van der Waals surface area contributed by atoms with Crippen molar-refractivity contribution in [2.24, 2.45) is 5.92 Å². The molecule has 6 heteroatoms. The van der Waals surface area contributed by atoms with Gasteiger partial charge in [0.1, 0.15) is 0 Å². The van der Waals surface area contributed by atoms with E-state index in [1.54, 1.807) is 18.5 Å². The molecule has 0 N–H and O–H groups in total. The quantitative estimate of drug-likeness (QED) is 0.834. The summed E-state index contributed by atoms with van der Waals surface area (Å²) in [4.78, 5) is 13.7. The number of fused-ring (bicyclic) bond motifs is 1. The van der Waals surface area contributed by atoms with Crippen LogP contribution in [0.15, 0.2) is 30.6 Å². The van der Waals surface area contributed by atoms with Crippen LogP contribution in [0.1, 0.15) is 22.6 Å². The molecule has 5 nitrogen and oxygen atoms in total. The van der Waals surface area contributed by atoms with Gasteiger partial charge < -0.3 is 9.47 Å². The van der Waals surface area contributed by atoms with Gasteiger partial charge in [-0.3, -0.25) is 4.90 Å². The van der Waals surface area contributed by atoms with Crippen LogP contribution in [0.25, 0.3) is 0 Å². The Kier molecular flexibility index (Phi) is 4.78. The minimum absolute atomic E-state index is 0.267. The molecule has 128 valence electrons. The number of rotatable bonds is 5. The zero-order valence-electron chi connectivity index (χ0n) is 13.9. The monoisotopic (exact) mass is 345 g/mol. The van der Waals surface area contributed by atoms with Crippen molar-refractivity contribution in [3.8, 4) is 6.01 Å². The minimum atomic E-state index is 0.267. The normalized spacial score (nSPS) is 27.1. The van der Waals surface area contributed by atoms with Crippen molar-refractivity contribution in [3.05, 3.63) is 40.3 Å². The molecule has 4 rings (SSSR count). The second-order valence-corrected chi connectivity index (χ2v) is 7.94. The number of aromatic nitrogens is 2. The summed E-state index contributed by atoms with van der Waals surface area (Å²) in [6.07, 6.45) is 6.01. The molecule has 0 aromatic carbocycles. The van der Waals surface area contributed by atoms with Crippen LogP contribution in [0.2, 0.25) is 0 Å². The first kappa shape index (κ1) is 16.0. The van der Waals surface area contributed by atoms with Crippen LogP contribution in [0.3, 0.4) is 0 Å². The van der Waals surface area contributed by atoms with E-state index in [4.69, 9.17) is 9.47 Å². The summed E-state index contributed by atoms with van der Waals surface area (Å²) >= 11 is 1.90. The molecule has 1 saturated heterocycles. The van der Waals surface area contributed by atoms with Gasteiger partial charge in [0.15, 0.2) is 0 Å². The number of ether oxygens (including phenoxy) is 2. The molecule has 0 amide bonds. The summed E-state index contributed by atoms with van der Waals surface area (Å²) in [7, 11) is 0. The maximum atomic E-state index is 6.12. The van der Waals surface area contributed by atoms with Gasteiger partial charge in [0, 0.05) is 47.2 Å². The molecule has 1 aliphatic carbocycles. The van der Waals surface area contributed by atoms with E-state index in [1.807, 2.05) is 11.3 Å². The molecule has 0 bridgehead atoms. The van der Waals surface area contributed by atoms with Gasteiger partial charge in [-0.25, -0.2) is 9.97 Å². The Bertz CT molecular complexity index is 663. The van der Waals surface area contributed by atoms with Crippen molar-refractivity contribution in [1.82, 2.24) is 14.9 Å². The lowest BCUT2D eigenvalue weighted by atomic mass is 10.0. The highest BCUT2D eigenvalue weighted by Crippen LogP contribution is 2.36. The van der Waals surface area contributed by atoms with Gasteiger partial charge in [-0.15, -0.1) is 11.3 Å². The van der Waals surface area contributed by atoms with E-state index in [9.17, 15) is 0 Å². The second kappa shape index (κ2) is 7.17. The van der Waals surface area contributed by atoms with E-state index >= 15 is 0 Å². The first-order chi connectivity index (χ1) is 11.8. The van der Waals surface area contributed by atoms with Gasteiger partial charge >= 0.3 is 6.01 Å². The van der Waals surface area contributed by atoms with E-state index < -0.39 is 0 Å². The predicted octanol–water partition coefficient (Wildman–Crippen LogP) is 2.90. The number of morpholine rings is 1. The standard InChI is InChI=1S/C18H23N3O2S/c1-13-3-5-15(24-13)11-21-9-10-22-17-14(4-6-16(17)21)12-23-18-19-7-2-8-20-18/h2-3,5,7-8,14,16-17H,4,6,9-12H2,1H3/t14-,16+,17+/m0/s1. The van der Waals surface area contributed by atoms with E-state index in [1.165, 1.54) is 16.2 Å². The lowest BCUT2D eigenvalue weighted by Gasteiger charge is -2.39. The van der Waals surface area contributed by atoms with Crippen molar-refractivity contribution in [2.75, 3.05) is 19.8 Å². The summed E-state index contributed by atoms with van der Waals surface area (Å²) in [5.74, 6) is 0.423. The largest absolute Gasteiger partial charge is 0.463 e. The van der Waals surface area contributed by atoms with Crippen LogP contribution in [-0.2, 0) is 11.3 Å². The van der Waals surface area contributed by atoms with Gasteiger partial charge in [-0.1, -0.05) is 0 Å². The highest BCUT2D eigenvalue weighted by Gasteiger charge is 2.43. The minimum Gasteiger partial charge on any atom is -0.463 e. The topological polar surface area (TPSA) is 47.5 Å². The molecular formula is C18H23N3O2S. The Balaban J connectivity index is 1.37. The van der Waals surface area contributed by atoms with Crippen LogP contribution in [0.5, 0.6) is 6.01 Å². The van der Waals surface area contributed by atoms with E-state index in [0.29, 0.717) is 24.6 Å². The van der Waals surface area contributed by atoms with Crippen LogP contribution >= 0.6 is 11.3 Å². The Morgan fingerprint density at radius 1 is 1.29 bits per heavy atom. The van der Waals surface area contributed by atoms with Crippen LogP contribution in [0.4, 0.5) is 0 Å². The molecule has 2 aliphatic rings. The molecule has 2 aromatic heterocycles. The third-order valence-electron chi connectivity index (χ3n) is 4.96. The fraction of sp³-hybridized carbons (Fsp3) is 0.556. The Labute approximate surface area is 146 Å². The van der Waals surface area contributed by atoms with E-state index in [2.05, 4.69) is 33.9 Å². The van der Waals surface area contributed by atoms with Crippen molar-refractivity contribution in [2.45, 2.75) is 38.5 Å². The molecule has 0 radical (unpaired) electrons. The third kappa shape index (κ3) is 3.45. The number of hydrogen-bond acceptors (Lipinski definition) is 6. The first-order valence-electron chi connectivity index (χ1n) is 8.60. The van der Waals surface area contributed by atoms with Crippen LogP contribution in [0, 0.1) is 12.8 Å². The Morgan fingerprint density at radius 2 is 2.17 bits per heavy atom. The zero-order chi connectivity index (χ0) is 16.4. The number of aryl methyl sites for hydroxylation is 1. The fourth-order valence-corrected chi connectivity index (χ4v) is 4.74. The lowest BCUT2D eigenvalue weighted by molar-refractivity contribution is -0.0817. The van der Waals surface area contributed by atoms with Crippen LogP contribution < -0.4 is 4.74 Å². The van der Waals surface area contributed by atoms with Crippen molar-refractivity contribution < 1.29 is 9.47 Å². The molecule has 3 atom stereocenters. The second-order valence-electron chi connectivity index (χ2n) is 6.57. The van der Waals surface area contributed by atoms with Gasteiger partial charge in [-0.05, 0) is 38.0 Å². The summed E-state index contributed by atoms with van der Waals surface area (Å²) in [5, 5.41) is 0. The van der Waals surface area contributed by atoms with Gasteiger partial charge in [0.2, 0.25) is 0 Å². The van der Waals surface area contributed by atoms with Crippen LogP contribution in [-0.4, -0.2) is 46.8 Å². The fourth-order valence-electron chi connectivity index (χ4n) is 3.82. The predicted molar refractivity (Wildman–Crippen MR) is 93.2 cm³/mol. The number of hydrogen-bond donors (Lipinski definition) is 0. The molecule has 1 saturated carbocycles. The first-order valence-corrected chi connectivity index (χ1v) is 9.42. The summed E-state index contributed by atoms with van der Waals surface area (Å²) < 4.78 is 11.9. The molecule has 2 aromatic rings. The van der Waals surface area contributed by atoms with E-state index in [-0.39, 0.29) is 6.10 Å². The Hall–Kier alpha value is -1.50. The molecule has 24 heavy (non-hydrogen) atoms. The maximum Gasteiger partial charge on any atom is 0.316 e. The molecule has 1 aliphatic heterocycles. The van der Waals surface area contributed by atoms with Crippen molar-refractivity contribution in [3.63, 3.8) is 0 Å². The molecular weight excluding hydrogens is 322 g/mol. The SMILES string of the molecule is Cc1ccc(CN2CCO[C@@H]3[C@H](COc4ncccn4)CC[C@H]32)s1. The molecule has 0 unspecified atom stereocenters. The van der Waals surface area contributed by atoms with Gasteiger partial charge in [-0.2, -0.15) is 0 Å². The average Bonchev–Trinajstić information content (AvgIpc) is 3.21. The van der Waals surface area contributed by atoms with Gasteiger partial charge in [0.25, 0.3) is 0 Å². The lowest BCUT2D eigenvalue weighted by Crippen LogP contribution is -2.50. The summed E-state index contributed by atoms with van der Waals surface area (Å²) in [6.45, 7) is 5.68. The number of nitrogens with zero attached hydrogens (tertiary/aromatic N) is 3. The Morgan fingerprint density at radius 3 is 2.96 bits per heavy atom. The smallest absolute Gasteiger partial charge is 0.316 e. The number of thiophene rings is 1. The summed E-state index contributed by atoms with van der Waals surface area (Å²) in [6, 6.07) is 7.23. The summed E-state index contributed by atoms with van der Waals surface area (Å²) in [5.41, 5.74) is 0. The average molecular weight is 345 g/mol. The molecule has 3 heterocycles. The van der Waals surface area contributed by atoms with Crippen molar-refractivity contribution >= 4 is 11.3 Å². The highest BCUT2D eigenvalue weighted by atomic mass is 32.1.